The standard InChI is InChI=1S/C26H22ClFN2O4/c1-16-13-33-15-21-22(16)24(31)25(34-14-17-5-3-2-4-6-17)23-26(32)29(9-10-30(21)23)12-18-7-8-20(28)19(27)11-18/h2-8,11H,1,9-10,12-15H2. The summed E-state index contributed by atoms with van der Waals surface area (Å²) in [5, 5.41) is -0.00445. The number of carbonyl (C=O) groups is 1. The fourth-order valence-corrected chi connectivity index (χ4v) is 4.61. The molecule has 2 aliphatic heterocycles. The lowest BCUT2D eigenvalue weighted by atomic mass is 10.00. The molecule has 0 fully saturated rings. The number of hydrogen-bond acceptors (Lipinski definition) is 4. The fraction of sp³-hybridized carbons (Fsp3) is 0.231. The molecular formula is C26H22ClFN2O4. The van der Waals surface area contributed by atoms with E-state index in [1.165, 1.54) is 12.1 Å². The molecule has 0 atom stereocenters. The molecule has 6 nitrogen and oxygen atoms in total. The van der Waals surface area contributed by atoms with E-state index < -0.39 is 5.82 Å². The topological polar surface area (TPSA) is 60.8 Å². The van der Waals surface area contributed by atoms with E-state index in [0.717, 1.165) is 5.56 Å². The predicted octanol–water partition coefficient (Wildman–Crippen LogP) is 4.42. The van der Waals surface area contributed by atoms with Crippen molar-refractivity contribution in [3.63, 3.8) is 0 Å². The molecule has 0 radical (unpaired) electrons. The zero-order chi connectivity index (χ0) is 23.8. The van der Waals surface area contributed by atoms with Crippen molar-refractivity contribution in [3.05, 3.63) is 104 Å². The zero-order valence-corrected chi connectivity index (χ0v) is 19.1. The summed E-state index contributed by atoms with van der Waals surface area (Å²) in [4.78, 5) is 28.8. The van der Waals surface area contributed by atoms with E-state index in [0.29, 0.717) is 35.5 Å². The normalized spacial score (nSPS) is 15.2. The van der Waals surface area contributed by atoms with Crippen LogP contribution in [-0.4, -0.2) is 28.5 Å². The van der Waals surface area contributed by atoms with Crippen LogP contribution in [0.3, 0.4) is 0 Å². The van der Waals surface area contributed by atoms with Crippen LogP contribution in [0.15, 0.2) is 59.9 Å². The van der Waals surface area contributed by atoms with Gasteiger partial charge >= 0.3 is 0 Å². The molecule has 0 unspecified atom stereocenters. The molecule has 0 saturated carbocycles. The number of benzene rings is 2. The van der Waals surface area contributed by atoms with Gasteiger partial charge in [0.25, 0.3) is 5.91 Å². The molecule has 3 aromatic rings. The smallest absolute Gasteiger partial charge is 0.274 e. The van der Waals surface area contributed by atoms with E-state index in [1.807, 2.05) is 34.9 Å². The average molecular weight is 481 g/mol. The number of carbonyl (C=O) groups excluding carboxylic acids is 1. The number of halogens is 2. The van der Waals surface area contributed by atoms with Crippen LogP contribution in [0.5, 0.6) is 5.75 Å². The summed E-state index contributed by atoms with van der Waals surface area (Å²) in [6, 6.07) is 13.8. The molecule has 0 saturated heterocycles. The molecule has 3 heterocycles. The van der Waals surface area contributed by atoms with Gasteiger partial charge in [0, 0.05) is 19.6 Å². The summed E-state index contributed by atoms with van der Waals surface area (Å²) >= 11 is 5.92. The first-order chi connectivity index (χ1) is 16.4. The number of pyridine rings is 1. The van der Waals surface area contributed by atoms with Gasteiger partial charge in [-0.25, -0.2) is 4.39 Å². The second kappa shape index (κ2) is 9.08. The lowest BCUT2D eigenvalue weighted by molar-refractivity contribution is 0.0667. The van der Waals surface area contributed by atoms with Crippen LogP contribution in [-0.2, 0) is 31.0 Å². The number of rotatable bonds is 5. The third-order valence-corrected chi connectivity index (χ3v) is 6.36. The van der Waals surface area contributed by atoms with Crippen molar-refractivity contribution >= 4 is 23.1 Å². The molecule has 2 aromatic carbocycles. The molecule has 5 rings (SSSR count). The maximum atomic E-state index is 13.6. The Labute approximate surface area is 200 Å². The minimum atomic E-state index is -0.518. The first-order valence-electron chi connectivity index (χ1n) is 10.9. The van der Waals surface area contributed by atoms with Crippen molar-refractivity contribution in [1.82, 2.24) is 9.47 Å². The first kappa shape index (κ1) is 22.4. The van der Waals surface area contributed by atoms with Crippen LogP contribution in [0.4, 0.5) is 4.39 Å². The van der Waals surface area contributed by atoms with Gasteiger partial charge in [0.2, 0.25) is 5.43 Å². The Morgan fingerprint density at radius 3 is 2.62 bits per heavy atom. The van der Waals surface area contributed by atoms with Gasteiger partial charge < -0.3 is 18.9 Å². The third-order valence-electron chi connectivity index (χ3n) is 6.07. The number of fused-ring (bicyclic) bond motifs is 3. The lowest BCUT2D eigenvalue weighted by Crippen LogP contribution is -2.44. The van der Waals surface area contributed by atoms with Gasteiger partial charge in [-0.1, -0.05) is 54.6 Å². The van der Waals surface area contributed by atoms with Crippen molar-refractivity contribution in [1.29, 1.82) is 0 Å². The van der Waals surface area contributed by atoms with Crippen LogP contribution in [0, 0.1) is 5.82 Å². The van der Waals surface area contributed by atoms with Crippen LogP contribution in [0.2, 0.25) is 5.02 Å². The number of ether oxygens (including phenoxy) is 2. The van der Waals surface area contributed by atoms with Crippen molar-refractivity contribution in [2.24, 2.45) is 0 Å². The Bertz CT molecular complexity index is 1350. The number of nitrogens with zero attached hydrogens (tertiary/aromatic N) is 2. The molecule has 0 spiro atoms. The number of amides is 1. The zero-order valence-electron chi connectivity index (χ0n) is 18.4. The quantitative estimate of drug-likeness (QED) is 0.542. The summed E-state index contributed by atoms with van der Waals surface area (Å²) in [5.41, 5.74) is 3.08. The van der Waals surface area contributed by atoms with Gasteiger partial charge in [-0.2, -0.15) is 0 Å². The summed E-state index contributed by atoms with van der Waals surface area (Å²) in [6.07, 6.45) is 0. The van der Waals surface area contributed by atoms with Crippen LogP contribution in [0.25, 0.3) is 5.57 Å². The number of aromatic nitrogens is 1. The highest BCUT2D eigenvalue weighted by Gasteiger charge is 2.35. The van der Waals surface area contributed by atoms with Crippen molar-refractivity contribution < 1.29 is 18.7 Å². The predicted molar refractivity (Wildman–Crippen MR) is 126 cm³/mol. The van der Waals surface area contributed by atoms with Gasteiger partial charge in [0.05, 0.1) is 29.5 Å². The Morgan fingerprint density at radius 1 is 1.06 bits per heavy atom. The van der Waals surface area contributed by atoms with Gasteiger partial charge in [0.1, 0.15) is 12.4 Å². The Balaban J connectivity index is 1.56. The van der Waals surface area contributed by atoms with E-state index in [4.69, 9.17) is 21.1 Å². The molecule has 0 bridgehead atoms. The molecule has 34 heavy (non-hydrogen) atoms. The number of hydrogen-bond donors (Lipinski definition) is 0. The molecule has 8 heteroatoms. The minimum absolute atomic E-state index is 0.00445. The van der Waals surface area contributed by atoms with Crippen molar-refractivity contribution in [3.8, 4) is 5.75 Å². The summed E-state index contributed by atoms with van der Waals surface area (Å²) in [7, 11) is 0. The Morgan fingerprint density at radius 2 is 1.85 bits per heavy atom. The van der Waals surface area contributed by atoms with Crippen molar-refractivity contribution in [2.75, 3.05) is 13.2 Å². The summed E-state index contributed by atoms with van der Waals surface area (Å²) in [5.74, 6) is -0.848. The molecular weight excluding hydrogens is 459 g/mol. The van der Waals surface area contributed by atoms with Gasteiger partial charge in [-0.3, -0.25) is 9.59 Å². The largest absolute Gasteiger partial charge is 0.483 e. The van der Waals surface area contributed by atoms with Crippen LogP contribution >= 0.6 is 11.6 Å². The molecule has 174 valence electrons. The van der Waals surface area contributed by atoms with Gasteiger partial charge in [-0.15, -0.1) is 0 Å². The first-order valence-corrected chi connectivity index (χ1v) is 11.3. The van der Waals surface area contributed by atoms with E-state index in [1.54, 1.807) is 11.0 Å². The third kappa shape index (κ3) is 4.02. The molecule has 2 aliphatic rings. The van der Waals surface area contributed by atoms with Crippen molar-refractivity contribution in [2.45, 2.75) is 26.3 Å². The molecule has 1 aromatic heterocycles. The van der Waals surface area contributed by atoms with E-state index in [-0.39, 0.29) is 54.2 Å². The highest BCUT2D eigenvalue weighted by Crippen LogP contribution is 2.31. The maximum absolute atomic E-state index is 13.6. The Kier molecular flexibility index (Phi) is 5.98. The van der Waals surface area contributed by atoms with Crippen LogP contribution < -0.4 is 10.2 Å². The van der Waals surface area contributed by atoms with Gasteiger partial charge in [-0.05, 0) is 28.8 Å². The molecule has 0 N–H and O–H groups in total. The molecule has 0 aliphatic carbocycles. The minimum Gasteiger partial charge on any atom is -0.483 e. The summed E-state index contributed by atoms with van der Waals surface area (Å²) in [6.45, 7) is 5.70. The maximum Gasteiger partial charge on any atom is 0.274 e. The second-order valence-corrected chi connectivity index (χ2v) is 8.73. The molecule has 1 amide bonds. The van der Waals surface area contributed by atoms with E-state index in [9.17, 15) is 14.0 Å². The Hall–Kier alpha value is -3.42. The van der Waals surface area contributed by atoms with E-state index in [2.05, 4.69) is 6.58 Å². The SMILES string of the molecule is C=C1COCc2c1c(=O)c(OCc1ccccc1)c1n2CCN(Cc2ccc(F)c(Cl)c2)C1=O. The van der Waals surface area contributed by atoms with Gasteiger partial charge in [0.15, 0.2) is 11.4 Å². The second-order valence-electron chi connectivity index (χ2n) is 8.33. The highest BCUT2D eigenvalue weighted by molar-refractivity contribution is 6.30. The monoisotopic (exact) mass is 480 g/mol. The lowest BCUT2D eigenvalue weighted by Gasteiger charge is -2.34. The fourth-order valence-electron chi connectivity index (χ4n) is 4.41. The van der Waals surface area contributed by atoms with Crippen LogP contribution in [0.1, 0.15) is 32.9 Å². The summed E-state index contributed by atoms with van der Waals surface area (Å²) < 4.78 is 27.0. The van der Waals surface area contributed by atoms with E-state index >= 15 is 0 Å². The average Bonchev–Trinajstić information content (AvgIpc) is 2.83. The highest BCUT2D eigenvalue weighted by atomic mass is 35.5.